The second-order valence-electron chi connectivity index (χ2n) is 7.24. The normalized spacial score (nSPS) is 12.3. The van der Waals surface area contributed by atoms with Gasteiger partial charge in [0.25, 0.3) is 0 Å². The molecule has 0 aliphatic carbocycles. The Kier molecular flexibility index (Phi) is 6.05. The molecule has 0 unspecified atom stereocenters. The van der Waals surface area contributed by atoms with Gasteiger partial charge in [-0.15, -0.1) is 11.3 Å². The molecule has 1 heterocycles. The molecule has 0 spiro atoms. The average molecular weight is 415 g/mol. The number of sulfone groups is 1. The molecule has 0 aliphatic heterocycles. The van der Waals surface area contributed by atoms with Crippen molar-refractivity contribution in [1.82, 2.24) is 0 Å². The molecule has 26 heavy (non-hydrogen) atoms. The van der Waals surface area contributed by atoms with E-state index in [0.29, 0.717) is 10.7 Å². The number of urea groups is 1. The number of anilines is 2. The van der Waals surface area contributed by atoms with Gasteiger partial charge in [0.2, 0.25) is 0 Å². The number of carbonyl (C=O) groups is 1. The Bertz CT molecular complexity index is 896. The van der Waals surface area contributed by atoms with Gasteiger partial charge in [0.1, 0.15) is 5.00 Å². The van der Waals surface area contributed by atoms with Crippen LogP contribution in [0, 0.1) is 0 Å². The molecule has 8 heteroatoms. The first-order valence-corrected chi connectivity index (χ1v) is 10.9. The van der Waals surface area contributed by atoms with Gasteiger partial charge in [0.15, 0.2) is 9.84 Å². The van der Waals surface area contributed by atoms with E-state index in [9.17, 15) is 13.2 Å². The molecule has 0 atom stereocenters. The molecule has 5 nitrogen and oxygen atoms in total. The summed E-state index contributed by atoms with van der Waals surface area (Å²) in [7, 11) is -3.49. The summed E-state index contributed by atoms with van der Waals surface area (Å²) in [5, 5.41) is 6.53. The fraction of sp³-hybridized carbons (Fsp3) is 0.389. The Balaban J connectivity index is 2.11. The van der Waals surface area contributed by atoms with Crippen LogP contribution in [0.15, 0.2) is 34.5 Å². The third-order valence-corrected chi connectivity index (χ3v) is 7.70. The fourth-order valence-electron chi connectivity index (χ4n) is 2.18. The highest BCUT2D eigenvalue weighted by Gasteiger charge is 2.26. The van der Waals surface area contributed by atoms with E-state index in [1.807, 2.05) is 24.3 Å². The van der Waals surface area contributed by atoms with Crippen LogP contribution < -0.4 is 10.6 Å². The van der Waals surface area contributed by atoms with Gasteiger partial charge in [0, 0.05) is 11.1 Å². The molecule has 1 aromatic heterocycles. The number of rotatable bonds is 4. The zero-order valence-electron chi connectivity index (χ0n) is 15.4. The van der Waals surface area contributed by atoms with E-state index in [4.69, 9.17) is 11.6 Å². The highest BCUT2D eigenvalue weighted by molar-refractivity contribution is 7.92. The maximum atomic E-state index is 12.2. The highest BCUT2D eigenvalue weighted by Crippen LogP contribution is 2.37. The number of hydrogen-bond donors (Lipinski definition) is 2. The van der Waals surface area contributed by atoms with Gasteiger partial charge in [-0.2, -0.15) is 0 Å². The molecule has 142 valence electrons. The van der Waals surface area contributed by atoms with Crippen LogP contribution in [0.25, 0.3) is 0 Å². The summed E-state index contributed by atoms with van der Waals surface area (Å²) in [6, 6.07) is 7.09. The van der Waals surface area contributed by atoms with E-state index in [-0.39, 0.29) is 15.3 Å². The first-order chi connectivity index (χ1) is 11.9. The van der Waals surface area contributed by atoms with Crippen LogP contribution in [-0.4, -0.2) is 19.7 Å². The maximum Gasteiger partial charge on any atom is 0.324 e. The molecular formula is C18H23ClN2O3S2. The summed E-state index contributed by atoms with van der Waals surface area (Å²) in [6.07, 6.45) is 0. The highest BCUT2D eigenvalue weighted by atomic mass is 35.5. The minimum Gasteiger partial charge on any atom is -0.308 e. The SMILES string of the molecule is CC(C)S(=O)(=O)c1csc(NC(=O)Nc2ccc(C(C)(C)C)cc2)c1Cl. The van der Waals surface area contributed by atoms with E-state index < -0.39 is 21.1 Å². The summed E-state index contributed by atoms with van der Waals surface area (Å²) in [5.41, 5.74) is 1.83. The Morgan fingerprint density at radius 1 is 1.12 bits per heavy atom. The second-order valence-corrected chi connectivity index (χ2v) is 11.0. The van der Waals surface area contributed by atoms with Crippen LogP contribution in [0.5, 0.6) is 0 Å². The number of carbonyl (C=O) groups excluding carboxylic acids is 1. The summed E-state index contributed by atoms with van der Waals surface area (Å²) >= 11 is 7.24. The van der Waals surface area contributed by atoms with Gasteiger partial charge >= 0.3 is 6.03 Å². The zero-order chi connectivity index (χ0) is 19.7. The van der Waals surface area contributed by atoms with E-state index in [1.54, 1.807) is 13.8 Å². The van der Waals surface area contributed by atoms with Gasteiger partial charge in [0.05, 0.1) is 15.2 Å². The minimum absolute atomic E-state index is 0.0313. The van der Waals surface area contributed by atoms with Crippen LogP contribution in [0.2, 0.25) is 5.02 Å². The summed E-state index contributed by atoms with van der Waals surface area (Å²) < 4.78 is 24.5. The average Bonchev–Trinajstić information content (AvgIpc) is 2.88. The monoisotopic (exact) mass is 414 g/mol. The van der Waals surface area contributed by atoms with Crippen molar-refractivity contribution in [2.24, 2.45) is 0 Å². The summed E-state index contributed by atoms with van der Waals surface area (Å²) in [5.74, 6) is 0. The van der Waals surface area contributed by atoms with E-state index in [1.165, 1.54) is 5.38 Å². The van der Waals surface area contributed by atoms with Crippen LogP contribution in [0.3, 0.4) is 0 Å². The van der Waals surface area contributed by atoms with E-state index in [0.717, 1.165) is 16.9 Å². The van der Waals surface area contributed by atoms with Crippen LogP contribution >= 0.6 is 22.9 Å². The molecular weight excluding hydrogens is 392 g/mol. The molecule has 1 aromatic carbocycles. The van der Waals surface area contributed by atoms with Crippen LogP contribution in [0.4, 0.5) is 15.5 Å². The van der Waals surface area contributed by atoms with Gasteiger partial charge in [-0.1, -0.05) is 44.5 Å². The first-order valence-electron chi connectivity index (χ1n) is 8.12. The van der Waals surface area contributed by atoms with Crippen molar-refractivity contribution in [3.63, 3.8) is 0 Å². The zero-order valence-corrected chi connectivity index (χ0v) is 17.8. The number of benzene rings is 1. The van der Waals surface area contributed by atoms with Crippen molar-refractivity contribution >= 4 is 49.5 Å². The predicted molar refractivity (Wildman–Crippen MR) is 109 cm³/mol. The molecule has 0 saturated heterocycles. The Morgan fingerprint density at radius 3 is 2.19 bits per heavy atom. The number of thiophene rings is 1. The molecule has 2 aromatic rings. The van der Waals surface area contributed by atoms with Crippen molar-refractivity contribution in [2.45, 2.75) is 50.2 Å². The molecule has 0 saturated carbocycles. The number of amides is 2. The predicted octanol–water partition coefficient (Wildman–Crippen LogP) is 5.53. The smallest absolute Gasteiger partial charge is 0.308 e. The third-order valence-electron chi connectivity index (χ3n) is 3.86. The molecule has 2 rings (SSSR count). The van der Waals surface area contributed by atoms with Crippen LogP contribution in [-0.2, 0) is 15.3 Å². The molecule has 0 fully saturated rings. The van der Waals surface area contributed by atoms with Crippen LogP contribution in [0.1, 0.15) is 40.2 Å². The van der Waals surface area contributed by atoms with E-state index >= 15 is 0 Å². The first kappa shape index (κ1) is 20.7. The topological polar surface area (TPSA) is 75.3 Å². The lowest BCUT2D eigenvalue weighted by Gasteiger charge is -2.19. The van der Waals surface area contributed by atoms with Gasteiger partial charge in [-0.05, 0) is 37.0 Å². The molecule has 0 aliphatic rings. The number of nitrogens with one attached hydrogen (secondary N) is 2. The lowest BCUT2D eigenvalue weighted by molar-refractivity contribution is 0.262. The van der Waals surface area contributed by atoms with Crippen molar-refractivity contribution in [3.05, 3.63) is 40.2 Å². The number of halogens is 1. The lowest BCUT2D eigenvalue weighted by atomic mass is 9.87. The maximum absolute atomic E-state index is 12.2. The molecule has 2 N–H and O–H groups in total. The minimum atomic E-state index is -3.49. The summed E-state index contributed by atoms with van der Waals surface area (Å²) in [6.45, 7) is 9.52. The van der Waals surface area contributed by atoms with Crippen molar-refractivity contribution in [1.29, 1.82) is 0 Å². The van der Waals surface area contributed by atoms with Gasteiger partial charge in [-0.3, -0.25) is 5.32 Å². The quantitative estimate of drug-likeness (QED) is 0.691. The Morgan fingerprint density at radius 2 is 1.69 bits per heavy atom. The van der Waals surface area contributed by atoms with Gasteiger partial charge < -0.3 is 5.32 Å². The molecule has 0 radical (unpaired) electrons. The second kappa shape index (κ2) is 7.58. The lowest BCUT2D eigenvalue weighted by Crippen LogP contribution is -2.19. The Hall–Kier alpha value is -1.57. The molecule has 0 bridgehead atoms. The standard InChI is InChI=1S/C18H23ClN2O3S2/c1-11(2)26(23,24)14-10-25-16(15(14)19)21-17(22)20-13-8-6-12(7-9-13)18(3,4)5/h6-11H,1-5H3,(H2,20,21,22). The van der Waals surface area contributed by atoms with Gasteiger partial charge in [-0.25, -0.2) is 13.2 Å². The summed E-state index contributed by atoms with van der Waals surface area (Å²) in [4.78, 5) is 12.2. The largest absolute Gasteiger partial charge is 0.324 e. The van der Waals surface area contributed by atoms with Crippen molar-refractivity contribution in [2.75, 3.05) is 10.6 Å². The number of hydrogen-bond acceptors (Lipinski definition) is 4. The fourth-order valence-corrected chi connectivity index (χ4v) is 5.11. The van der Waals surface area contributed by atoms with E-state index in [2.05, 4.69) is 31.4 Å². The van der Waals surface area contributed by atoms with Crippen molar-refractivity contribution in [3.8, 4) is 0 Å². The van der Waals surface area contributed by atoms with Crippen molar-refractivity contribution < 1.29 is 13.2 Å². The third kappa shape index (κ3) is 4.58. The molecule has 2 amide bonds. The Labute approximate surface area is 163 Å².